The zero-order chi connectivity index (χ0) is 15.0. The maximum absolute atomic E-state index is 13.5. The monoisotopic (exact) mass is 284 g/mol. The molecule has 3 nitrogen and oxygen atoms in total. The smallest absolute Gasteiger partial charge is 0.314 e. The number of rotatable bonds is 4. The second-order valence-corrected chi connectivity index (χ2v) is 4.06. The summed E-state index contributed by atoms with van der Waals surface area (Å²) in [6.07, 6.45) is -0.708. The Bertz CT molecular complexity index is 503. The van der Waals surface area contributed by atoms with Crippen molar-refractivity contribution < 1.29 is 37.0 Å². The summed E-state index contributed by atoms with van der Waals surface area (Å²) < 4.78 is 65.9. The van der Waals surface area contributed by atoms with Gasteiger partial charge in [0.15, 0.2) is 23.3 Å². The highest BCUT2D eigenvalue weighted by atomic mass is 19.2. The van der Waals surface area contributed by atoms with Crippen LogP contribution in [0.2, 0.25) is 0 Å². The largest absolute Gasteiger partial charge is 0.481 e. The molecule has 1 aromatic rings. The Hall–Kier alpha value is -1.70. The molecule has 0 radical (unpaired) electrons. The van der Waals surface area contributed by atoms with Gasteiger partial charge in [-0.05, 0) is 13.3 Å². The number of halogens is 5. The molecule has 106 valence electrons. The maximum Gasteiger partial charge on any atom is 0.314 e. The van der Waals surface area contributed by atoms with E-state index in [0.29, 0.717) is 0 Å². The Morgan fingerprint density at radius 3 is 1.68 bits per heavy atom. The van der Waals surface area contributed by atoms with Crippen LogP contribution in [0.4, 0.5) is 22.0 Å². The van der Waals surface area contributed by atoms with E-state index in [4.69, 9.17) is 10.2 Å². The van der Waals surface area contributed by atoms with Gasteiger partial charge in [0.25, 0.3) is 0 Å². The first-order chi connectivity index (χ1) is 8.68. The van der Waals surface area contributed by atoms with Crippen LogP contribution in [-0.4, -0.2) is 22.8 Å². The second kappa shape index (κ2) is 5.12. The van der Waals surface area contributed by atoms with Gasteiger partial charge in [-0.15, -0.1) is 0 Å². The molecule has 0 bridgehead atoms. The Labute approximate surface area is 104 Å². The zero-order valence-electron chi connectivity index (χ0n) is 9.61. The molecule has 0 spiro atoms. The Kier molecular flexibility index (Phi) is 4.14. The summed E-state index contributed by atoms with van der Waals surface area (Å²) in [5.74, 6) is -13.1. The van der Waals surface area contributed by atoms with Gasteiger partial charge in [0.1, 0.15) is 0 Å². The van der Waals surface area contributed by atoms with E-state index in [0.717, 1.165) is 6.92 Å². The van der Waals surface area contributed by atoms with Crippen molar-refractivity contribution >= 4 is 5.97 Å². The number of carboxylic acids is 1. The van der Waals surface area contributed by atoms with Gasteiger partial charge in [0, 0.05) is 12.2 Å². The first kappa shape index (κ1) is 15.4. The highest BCUT2D eigenvalue weighted by Crippen LogP contribution is 2.35. The first-order valence-corrected chi connectivity index (χ1v) is 5.04. The molecule has 0 aromatic heterocycles. The van der Waals surface area contributed by atoms with Gasteiger partial charge in [-0.1, -0.05) is 0 Å². The first-order valence-electron chi connectivity index (χ1n) is 5.04. The topological polar surface area (TPSA) is 57.5 Å². The van der Waals surface area contributed by atoms with Crippen molar-refractivity contribution in [2.45, 2.75) is 18.8 Å². The lowest BCUT2D eigenvalue weighted by Gasteiger charge is -2.25. The van der Waals surface area contributed by atoms with Crippen molar-refractivity contribution in [3.05, 3.63) is 34.6 Å². The van der Waals surface area contributed by atoms with Gasteiger partial charge in [-0.3, -0.25) is 4.79 Å². The van der Waals surface area contributed by atoms with E-state index in [-0.39, 0.29) is 0 Å². The van der Waals surface area contributed by atoms with Crippen molar-refractivity contribution in [2.75, 3.05) is 6.61 Å². The minimum atomic E-state index is -2.43. The Morgan fingerprint density at radius 1 is 1.00 bits per heavy atom. The maximum atomic E-state index is 13.5. The van der Waals surface area contributed by atoms with Crippen molar-refractivity contribution in [3.8, 4) is 0 Å². The Balaban J connectivity index is 3.71. The van der Waals surface area contributed by atoms with E-state index in [9.17, 15) is 26.7 Å². The summed E-state index contributed by atoms with van der Waals surface area (Å²) >= 11 is 0. The average Bonchev–Trinajstić information content (AvgIpc) is 2.34. The molecule has 0 heterocycles. The van der Waals surface area contributed by atoms with E-state index in [2.05, 4.69) is 0 Å². The van der Waals surface area contributed by atoms with Crippen LogP contribution in [-0.2, 0) is 10.2 Å². The summed E-state index contributed by atoms with van der Waals surface area (Å²) in [6, 6.07) is 0. The molecule has 19 heavy (non-hydrogen) atoms. The fourth-order valence-corrected chi connectivity index (χ4v) is 1.65. The molecule has 1 atom stereocenters. The molecule has 8 heteroatoms. The second-order valence-electron chi connectivity index (χ2n) is 4.06. The summed E-state index contributed by atoms with van der Waals surface area (Å²) in [7, 11) is 0. The van der Waals surface area contributed by atoms with E-state index < -0.39 is 59.1 Å². The molecule has 0 aliphatic heterocycles. The van der Waals surface area contributed by atoms with Crippen molar-refractivity contribution in [2.24, 2.45) is 0 Å². The molecule has 1 aromatic carbocycles. The number of aliphatic hydroxyl groups excluding tert-OH is 1. The summed E-state index contributed by atoms with van der Waals surface area (Å²) in [5.41, 5.74) is -3.90. The van der Waals surface area contributed by atoms with Gasteiger partial charge in [0.2, 0.25) is 5.82 Å². The van der Waals surface area contributed by atoms with Gasteiger partial charge in [0.05, 0.1) is 5.41 Å². The van der Waals surface area contributed by atoms with Crippen LogP contribution in [0.1, 0.15) is 18.9 Å². The van der Waals surface area contributed by atoms with Crippen LogP contribution in [0.3, 0.4) is 0 Å². The molecule has 0 fully saturated rings. The van der Waals surface area contributed by atoms with Gasteiger partial charge in [-0.25, -0.2) is 22.0 Å². The fraction of sp³-hybridized carbons (Fsp3) is 0.364. The molecule has 0 saturated carbocycles. The summed E-state index contributed by atoms with van der Waals surface area (Å²) in [5, 5.41) is 17.7. The average molecular weight is 284 g/mol. The SMILES string of the molecule is CC(CCO)(C(=O)O)c1c(F)c(F)c(F)c(F)c1F. The molecule has 1 rings (SSSR count). The number of carbonyl (C=O) groups is 1. The van der Waals surface area contributed by atoms with Crippen LogP contribution >= 0.6 is 0 Å². The molecule has 0 aliphatic rings. The van der Waals surface area contributed by atoms with Gasteiger partial charge in [-0.2, -0.15) is 0 Å². The third-order valence-electron chi connectivity index (χ3n) is 2.85. The molecule has 0 amide bonds. The van der Waals surface area contributed by atoms with E-state index in [1.807, 2.05) is 0 Å². The minimum absolute atomic E-state index is 0.708. The van der Waals surface area contributed by atoms with E-state index >= 15 is 0 Å². The molecular weight excluding hydrogens is 275 g/mol. The molecule has 1 unspecified atom stereocenters. The van der Waals surface area contributed by atoms with E-state index in [1.165, 1.54) is 0 Å². The predicted molar refractivity (Wildman–Crippen MR) is 52.9 cm³/mol. The van der Waals surface area contributed by atoms with Crippen LogP contribution < -0.4 is 0 Å². The number of hydrogen-bond acceptors (Lipinski definition) is 2. The standard InChI is InChI=1S/C11H9F5O3/c1-11(2-3-17,10(18)19)4-5(12)7(14)9(16)8(15)6(4)13/h17H,2-3H2,1H3,(H,18,19). The third-order valence-corrected chi connectivity index (χ3v) is 2.85. The quantitative estimate of drug-likeness (QED) is 0.506. The molecular formula is C11H9F5O3. The predicted octanol–water partition coefficient (Wildman–Crippen LogP) is 2.11. The van der Waals surface area contributed by atoms with Crippen LogP contribution in [0.25, 0.3) is 0 Å². The number of benzene rings is 1. The fourth-order valence-electron chi connectivity index (χ4n) is 1.65. The Morgan fingerprint density at radius 2 is 1.37 bits per heavy atom. The number of carboxylic acid groups (broad SMARTS) is 1. The number of aliphatic carboxylic acids is 1. The van der Waals surface area contributed by atoms with Crippen molar-refractivity contribution in [1.29, 1.82) is 0 Å². The highest BCUT2D eigenvalue weighted by Gasteiger charge is 2.43. The van der Waals surface area contributed by atoms with Gasteiger partial charge < -0.3 is 10.2 Å². The summed E-state index contributed by atoms with van der Waals surface area (Å²) in [6.45, 7) is -0.0356. The van der Waals surface area contributed by atoms with Crippen molar-refractivity contribution in [3.63, 3.8) is 0 Å². The number of aliphatic hydroxyl groups is 1. The van der Waals surface area contributed by atoms with Crippen LogP contribution in [0, 0.1) is 29.1 Å². The lowest BCUT2D eigenvalue weighted by molar-refractivity contribution is -0.144. The molecule has 2 N–H and O–H groups in total. The minimum Gasteiger partial charge on any atom is -0.481 e. The molecule has 0 saturated heterocycles. The van der Waals surface area contributed by atoms with Gasteiger partial charge >= 0.3 is 5.97 Å². The van der Waals surface area contributed by atoms with E-state index in [1.54, 1.807) is 0 Å². The zero-order valence-corrected chi connectivity index (χ0v) is 9.61. The lowest BCUT2D eigenvalue weighted by atomic mass is 9.79. The lowest BCUT2D eigenvalue weighted by Crippen LogP contribution is -2.36. The normalized spacial score (nSPS) is 14.3. The van der Waals surface area contributed by atoms with Crippen molar-refractivity contribution in [1.82, 2.24) is 0 Å². The van der Waals surface area contributed by atoms with Crippen LogP contribution in [0.15, 0.2) is 0 Å². The van der Waals surface area contributed by atoms with Crippen LogP contribution in [0.5, 0.6) is 0 Å². The molecule has 0 aliphatic carbocycles. The highest BCUT2D eigenvalue weighted by molar-refractivity contribution is 5.81. The number of hydrogen-bond donors (Lipinski definition) is 2. The third kappa shape index (κ3) is 2.27. The summed E-state index contributed by atoms with van der Waals surface area (Å²) in [4.78, 5) is 11.0.